The van der Waals surface area contributed by atoms with Crippen molar-refractivity contribution >= 4 is 5.91 Å². The van der Waals surface area contributed by atoms with Crippen LogP contribution < -0.4 is 5.32 Å². The van der Waals surface area contributed by atoms with Crippen LogP contribution in [-0.4, -0.2) is 39.4 Å². The largest absolute Gasteiger partial charge is 0.378 e. The molecule has 3 heterocycles. The van der Waals surface area contributed by atoms with Crippen molar-refractivity contribution in [3.8, 4) is 0 Å². The van der Waals surface area contributed by atoms with Crippen molar-refractivity contribution in [1.29, 1.82) is 0 Å². The van der Waals surface area contributed by atoms with Gasteiger partial charge in [0.05, 0.1) is 6.10 Å². The maximum Gasteiger partial charge on any atom is 0.220 e. The van der Waals surface area contributed by atoms with Crippen LogP contribution in [0.1, 0.15) is 43.8 Å². The molecule has 0 aromatic carbocycles. The Morgan fingerprint density at radius 3 is 3.15 bits per heavy atom. The second kappa shape index (κ2) is 5.91. The number of carbonyl (C=O) groups is 1. The third-order valence-electron chi connectivity index (χ3n) is 4.21. The van der Waals surface area contributed by atoms with Crippen LogP contribution in [0.4, 0.5) is 0 Å². The summed E-state index contributed by atoms with van der Waals surface area (Å²) in [7, 11) is 0. The first-order valence-electron chi connectivity index (χ1n) is 7.52. The number of nitrogens with one attached hydrogen (secondary N) is 1. The molecule has 0 spiro atoms. The molecule has 0 radical (unpaired) electrons. The van der Waals surface area contributed by atoms with Gasteiger partial charge in [0.1, 0.15) is 11.6 Å². The van der Waals surface area contributed by atoms with E-state index in [1.165, 1.54) is 0 Å². The standard InChI is InChI=1S/C14H22N4O2/c1-10-16-17-13-6-4-11(9-18(10)13)15-14(19)7-5-12-3-2-8-20-12/h11-12H,2-9H2,1H3,(H,15,19)/t11-,12-/m0/s1. The minimum atomic E-state index is 0.139. The molecule has 110 valence electrons. The molecule has 3 rings (SSSR count). The summed E-state index contributed by atoms with van der Waals surface area (Å²) < 4.78 is 7.65. The number of hydrogen-bond acceptors (Lipinski definition) is 4. The van der Waals surface area contributed by atoms with Crippen LogP contribution in [0.3, 0.4) is 0 Å². The van der Waals surface area contributed by atoms with Gasteiger partial charge in [0, 0.05) is 32.0 Å². The second-order valence-corrected chi connectivity index (χ2v) is 5.75. The van der Waals surface area contributed by atoms with Gasteiger partial charge in [0.15, 0.2) is 0 Å². The number of nitrogens with zero attached hydrogens (tertiary/aromatic N) is 3. The number of carbonyl (C=O) groups excluding carboxylic acids is 1. The molecule has 2 atom stereocenters. The molecule has 0 saturated carbocycles. The third-order valence-corrected chi connectivity index (χ3v) is 4.21. The Morgan fingerprint density at radius 2 is 2.35 bits per heavy atom. The van der Waals surface area contributed by atoms with Crippen LogP contribution in [0.25, 0.3) is 0 Å². The quantitative estimate of drug-likeness (QED) is 0.891. The van der Waals surface area contributed by atoms with Gasteiger partial charge in [0.25, 0.3) is 0 Å². The highest BCUT2D eigenvalue weighted by Crippen LogP contribution is 2.18. The van der Waals surface area contributed by atoms with Gasteiger partial charge in [-0.15, -0.1) is 10.2 Å². The average Bonchev–Trinajstić information content (AvgIpc) is 3.07. The lowest BCUT2D eigenvalue weighted by Gasteiger charge is -2.25. The highest BCUT2D eigenvalue weighted by molar-refractivity contribution is 5.76. The molecular weight excluding hydrogens is 256 g/mol. The number of hydrogen-bond donors (Lipinski definition) is 1. The van der Waals surface area contributed by atoms with Gasteiger partial charge in [-0.1, -0.05) is 0 Å². The Bertz CT molecular complexity index is 480. The van der Waals surface area contributed by atoms with E-state index < -0.39 is 0 Å². The lowest BCUT2D eigenvalue weighted by atomic mass is 10.1. The monoisotopic (exact) mass is 278 g/mol. The summed E-state index contributed by atoms with van der Waals surface area (Å²) in [6, 6.07) is 0.203. The van der Waals surface area contributed by atoms with Crippen molar-refractivity contribution in [2.75, 3.05) is 6.61 Å². The molecule has 1 fully saturated rings. The highest BCUT2D eigenvalue weighted by Gasteiger charge is 2.23. The summed E-state index contributed by atoms with van der Waals surface area (Å²) in [5.41, 5.74) is 0. The summed E-state index contributed by atoms with van der Waals surface area (Å²) in [5, 5.41) is 11.4. The van der Waals surface area contributed by atoms with E-state index in [-0.39, 0.29) is 11.9 Å². The molecule has 0 unspecified atom stereocenters. The van der Waals surface area contributed by atoms with Crippen molar-refractivity contribution < 1.29 is 9.53 Å². The Morgan fingerprint density at radius 1 is 1.45 bits per heavy atom. The first-order chi connectivity index (χ1) is 9.72. The Labute approximate surface area is 118 Å². The van der Waals surface area contributed by atoms with Gasteiger partial charge >= 0.3 is 0 Å². The number of rotatable bonds is 4. The fourth-order valence-corrected chi connectivity index (χ4v) is 3.04. The summed E-state index contributed by atoms with van der Waals surface area (Å²) in [5.74, 6) is 2.10. The molecule has 6 heteroatoms. The number of amides is 1. The minimum absolute atomic E-state index is 0.139. The van der Waals surface area contributed by atoms with Gasteiger partial charge in [-0.25, -0.2) is 0 Å². The zero-order chi connectivity index (χ0) is 13.9. The molecule has 0 bridgehead atoms. The van der Waals surface area contributed by atoms with Gasteiger partial charge in [-0.3, -0.25) is 4.79 Å². The maximum absolute atomic E-state index is 12.0. The molecule has 1 amide bonds. The van der Waals surface area contributed by atoms with Crippen LogP contribution in [0.15, 0.2) is 0 Å². The lowest BCUT2D eigenvalue weighted by molar-refractivity contribution is -0.122. The predicted octanol–water partition coefficient (Wildman–Crippen LogP) is 0.977. The van der Waals surface area contributed by atoms with Crippen molar-refractivity contribution in [2.45, 2.75) is 64.1 Å². The van der Waals surface area contributed by atoms with E-state index in [9.17, 15) is 4.79 Å². The molecule has 1 saturated heterocycles. The number of fused-ring (bicyclic) bond motifs is 1. The second-order valence-electron chi connectivity index (χ2n) is 5.75. The van der Waals surface area contributed by atoms with Crippen molar-refractivity contribution in [1.82, 2.24) is 20.1 Å². The molecule has 0 aliphatic carbocycles. The number of ether oxygens (including phenoxy) is 1. The Balaban J connectivity index is 1.46. The SMILES string of the molecule is Cc1nnc2n1C[C@@H](NC(=O)CC[C@@H]1CCCO1)CC2. The molecule has 2 aliphatic rings. The van der Waals surface area contributed by atoms with Crippen LogP contribution in [0, 0.1) is 6.92 Å². The van der Waals surface area contributed by atoms with E-state index in [0.29, 0.717) is 12.5 Å². The molecule has 6 nitrogen and oxygen atoms in total. The van der Waals surface area contributed by atoms with E-state index >= 15 is 0 Å². The first kappa shape index (κ1) is 13.5. The van der Waals surface area contributed by atoms with Crippen LogP contribution in [0.5, 0.6) is 0 Å². The smallest absolute Gasteiger partial charge is 0.220 e. The summed E-state index contributed by atoms with van der Waals surface area (Å²) >= 11 is 0. The Kier molecular flexibility index (Phi) is 4.00. The predicted molar refractivity (Wildman–Crippen MR) is 73.2 cm³/mol. The maximum atomic E-state index is 12.0. The molecule has 1 aromatic heterocycles. The minimum Gasteiger partial charge on any atom is -0.378 e. The van der Waals surface area contributed by atoms with Crippen LogP contribution in [0.2, 0.25) is 0 Å². The van der Waals surface area contributed by atoms with Gasteiger partial charge < -0.3 is 14.6 Å². The highest BCUT2D eigenvalue weighted by atomic mass is 16.5. The molecule has 20 heavy (non-hydrogen) atoms. The van der Waals surface area contributed by atoms with Crippen LogP contribution >= 0.6 is 0 Å². The zero-order valence-electron chi connectivity index (χ0n) is 12.0. The topological polar surface area (TPSA) is 69.0 Å². The van der Waals surface area contributed by atoms with E-state index in [1.54, 1.807) is 0 Å². The summed E-state index contributed by atoms with van der Waals surface area (Å²) in [4.78, 5) is 12.0. The van der Waals surface area contributed by atoms with E-state index in [0.717, 1.165) is 56.9 Å². The van der Waals surface area contributed by atoms with Crippen molar-refractivity contribution in [3.63, 3.8) is 0 Å². The summed E-state index contributed by atoms with van der Waals surface area (Å²) in [6.07, 6.45) is 5.76. The van der Waals surface area contributed by atoms with Gasteiger partial charge in [-0.2, -0.15) is 0 Å². The summed E-state index contributed by atoms with van der Waals surface area (Å²) in [6.45, 7) is 3.60. The van der Waals surface area contributed by atoms with E-state index in [2.05, 4.69) is 20.1 Å². The molecule has 2 aliphatic heterocycles. The van der Waals surface area contributed by atoms with E-state index in [1.807, 2.05) is 6.92 Å². The van der Waals surface area contributed by atoms with Crippen molar-refractivity contribution in [2.24, 2.45) is 0 Å². The van der Waals surface area contributed by atoms with Crippen LogP contribution in [-0.2, 0) is 22.5 Å². The third kappa shape index (κ3) is 3.00. The number of aryl methyl sites for hydroxylation is 2. The molecule has 1 aromatic rings. The molecule has 1 N–H and O–H groups in total. The lowest BCUT2D eigenvalue weighted by Crippen LogP contribution is -2.41. The number of aromatic nitrogens is 3. The Hall–Kier alpha value is -1.43. The molecular formula is C14H22N4O2. The first-order valence-corrected chi connectivity index (χ1v) is 7.52. The fourth-order valence-electron chi connectivity index (χ4n) is 3.04. The van der Waals surface area contributed by atoms with Crippen molar-refractivity contribution in [3.05, 3.63) is 11.6 Å². The zero-order valence-corrected chi connectivity index (χ0v) is 12.0. The normalized spacial score (nSPS) is 25.4. The van der Waals surface area contributed by atoms with E-state index in [4.69, 9.17) is 4.74 Å². The van der Waals surface area contributed by atoms with Gasteiger partial charge in [0.2, 0.25) is 5.91 Å². The van der Waals surface area contributed by atoms with Gasteiger partial charge in [-0.05, 0) is 32.6 Å². The average molecular weight is 278 g/mol. The fraction of sp³-hybridized carbons (Fsp3) is 0.786.